The van der Waals surface area contributed by atoms with Crippen LogP contribution in [0.4, 0.5) is 5.69 Å². The molecule has 0 spiro atoms. The fourth-order valence-corrected chi connectivity index (χ4v) is 9.90. The number of anilines is 1. The second-order valence-corrected chi connectivity index (χ2v) is 16.4. The van der Waals surface area contributed by atoms with Gasteiger partial charge >= 0.3 is 5.97 Å². The predicted molar refractivity (Wildman–Crippen MR) is 198 cm³/mol. The number of amides is 1. The van der Waals surface area contributed by atoms with Gasteiger partial charge < -0.3 is 29.5 Å². The van der Waals surface area contributed by atoms with Crippen LogP contribution in [0.2, 0.25) is 0 Å². The molecule has 9 atom stereocenters. The fourth-order valence-electron chi connectivity index (χ4n) is 9.90. The Morgan fingerprint density at radius 3 is 2.48 bits per heavy atom. The van der Waals surface area contributed by atoms with Crippen molar-refractivity contribution < 1.29 is 38.9 Å². The van der Waals surface area contributed by atoms with E-state index in [1.165, 1.54) is 13.5 Å². The molecule has 2 aromatic carbocycles. The number of Topliss-reactive ketones (excluding diaryl/α,β-unsaturated/α-hetero) is 1. The number of rotatable bonds is 12. The molecule has 0 aromatic heterocycles. The summed E-state index contributed by atoms with van der Waals surface area (Å²) in [6.45, 7) is 8.98. The molecule has 0 radical (unpaired) electrons. The first-order chi connectivity index (χ1) is 24.7. The number of esters is 1. The molecule has 2 bridgehead atoms. The zero-order valence-corrected chi connectivity index (χ0v) is 32.0. The van der Waals surface area contributed by atoms with Crippen molar-refractivity contribution in [3.63, 3.8) is 0 Å². The molecular formula is C41H57N3O8. The molecular weight excluding hydrogens is 662 g/mol. The zero-order valence-electron chi connectivity index (χ0n) is 32.0. The van der Waals surface area contributed by atoms with Crippen molar-refractivity contribution in [1.82, 2.24) is 9.96 Å². The lowest BCUT2D eigenvalue weighted by atomic mass is 9.43. The standard InChI is InChI=1S/C41H57N3O8/c1-23-26(16-29-20-32(23)41(29,3)4)19-34(47)37-36(24(2)46)35(22-45)52-44(37)21-25-11-9-12-31(38(25)50-7)27-15-28(18-30(17-27)42(5)6)39(48)43-14-10-13-33(43)40(49)51-8/h9,11-12,15,17-18,23-24,26,29,32-33,35-37,45-46H,10,13-14,16,19-22H2,1-8H3/t23-,24+,26-,29+,32+,33+,35+,36-,37-/m1/s1. The van der Waals surface area contributed by atoms with Gasteiger partial charge in [-0.25, -0.2) is 4.79 Å². The number of para-hydroxylation sites is 1. The van der Waals surface area contributed by atoms with E-state index in [4.69, 9.17) is 14.3 Å². The van der Waals surface area contributed by atoms with Gasteiger partial charge in [-0.1, -0.05) is 39.0 Å². The first kappa shape index (κ1) is 38.2. The minimum Gasteiger partial charge on any atom is -0.496 e. The molecule has 2 aliphatic heterocycles. The molecule has 11 heteroatoms. The Kier molecular flexibility index (Phi) is 11.1. The van der Waals surface area contributed by atoms with Gasteiger partial charge in [0.2, 0.25) is 0 Å². The van der Waals surface area contributed by atoms with E-state index in [1.54, 1.807) is 24.0 Å². The summed E-state index contributed by atoms with van der Waals surface area (Å²) in [5.41, 5.74) is 3.81. The van der Waals surface area contributed by atoms with Crippen LogP contribution in [0, 0.1) is 35.0 Å². The van der Waals surface area contributed by atoms with E-state index in [-0.39, 0.29) is 30.8 Å². The normalized spacial score (nSPS) is 30.1. The number of hydroxylamine groups is 2. The van der Waals surface area contributed by atoms with E-state index in [9.17, 15) is 24.6 Å². The maximum atomic E-state index is 14.3. The van der Waals surface area contributed by atoms with Crippen molar-refractivity contribution in [2.45, 2.75) is 90.6 Å². The van der Waals surface area contributed by atoms with E-state index < -0.39 is 36.2 Å². The largest absolute Gasteiger partial charge is 0.496 e. The van der Waals surface area contributed by atoms with Crippen LogP contribution in [0.15, 0.2) is 36.4 Å². The van der Waals surface area contributed by atoms with Crippen LogP contribution < -0.4 is 9.64 Å². The zero-order chi connectivity index (χ0) is 37.6. The Labute approximate surface area is 308 Å². The average molecular weight is 720 g/mol. The van der Waals surface area contributed by atoms with Crippen molar-refractivity contribution in [1.29, 1.82) is 0 Å². The van der Waals surface area contributed by atoms with E-state index >= 15 is 0 Å². The lowest BCUT2D eigenvalue weighted by molar-refractivity contribution is -0.183. The highest BCUT2D eigenvalue weighted by atomic mass is 16.7. The summed E-state index contributed by atoms with van der Waals surface area (Å²) in [6.07, 6.45) is 2.34. The van der Waals surface area contributed by atoms with Crippen molar-refractivity contribution in [3.8, 4) is 16.9 Å². The van der Waals surface area contributed by atoms with Crippen molar-refractivity contribution in [3.05, 3.63) is 47.5 Å². The number of likely N-dealkylation sites (tertiary alicyclic amines) is 1. The minimum absolute atomic E-state index is 0.0296. The smallest absolute Gasteiger partial charge is 0.328 e. The molecule has 2 N–H and O–H groups in total. The lowest BCUT2D eigenvalue weighted by Gasteiger charge is -2.62. The number of fused-ring (bicyclic) bond motifs is 2. The highest BCUT2D eigenvalue weighted by Gasteiger charge is 2.57. The topological polar surface area (TPSA) is 129 Å². The maximum absolute atomic E-state index is 14.3. The van der Waals surface area contributed by atoms with Gasteiger partial charge in [0, 0.05) is 55.4 Å². The van der Waals surface area contributed by atoms with Crippen LogP contribution in [-0.2, 0) is 25.7 Å². The summed E-state index contributed by atoms with van der Waals surface area (Å²) < 4.78 is 11.1. The number of carbonyl (C=O) groups excluding carboxylic acids is 3. The average Bonchev–Trinajstić information content (AvgIpc) is 3.76. The Morgan fingerprint density at radius 1 is 1.12 bits per heavy atom. The molecule has 52 heavy (non-hydrogen) atoms. The van der Waals surface area contributed by atoms with Crippen LogP contribution in [0.5, 0.6) is 5.75 Å². The number of hydrogen-bond donors (Lipinski definition) is 2. The van der Waals surface area contributed by atoms with Crippen molar-refractivity contribution >= 4 is 23.3 Å². The van der Waals surface area contributed by atoms with E-state index in [1.807, 2.05) is 55.4 Å². The van der Waals surface area contributed by atoms with Crippen LogP contribution >= 0.6 is 0 Å². The van der Waals surface area contributed by atoms with Gasteiger partial charge in [0.05, 0.1) is 33.5 Å². The van der Waals surface area contributed by atoms with Gasteiger partial charge in [-0.15, -0.1) is 0 Å². The quantitative estimate of drug-likeness (QED) is 0.291. The summed E-state index contributed by atoms with van der Waals surface area (Å²) in [7, 11) is 6.75. The third-order valence-corrected chi connectivity index (χ3v) is 13.0. The summed E-state index contributed by atoms with van der Waals surface area (Å²) in [5.74, 6) is 1.27. The molecule has 7 rings (SSSR count). The third kappa shape index (κ3) is 6.85. The van der Waals surface area contributed by atoms with Crippen molar-refractivity contribution in [2.24, 2.45) is 35.0 Å². The van der Waals surface area contributed by atoms with E-state index in [2.05, 4.69) is 20.8 Å². The molecule has 5 aliphatic rings. The van der Waals surface area contributed by atoms with E-state index in [0.717, 1.165) is 35.2 Å². The van der Waals surface area contributed by atoms with Gasteiger partial charge in [-0.05, 0) is 85.5 Å². The predicted octanol–water partition coefficient (Wildman–Crippen LogP) is 4.96. The van der Waals surface area contributed by atoms with Gasteiger partial charge in [0.25, 0.3) is 5.91 Å². The summed E-state index contributed by atoms with van der Waals surface area (Å²) in [5, 5.41) is 22.9. The molecule has 11 nitrogen and oxygen atoms in total. The van der Waals surface area contributed by atoms with Crippen LogP contribution in [0.3, 0.4) is 0 Å². The number of nitrogens with zero attached hydrogens (tertiary/aromatic N) is 3. The molecule has 1 amide bonds. The Morgan fingerprint density at radius 2 is 1.87 bits per heavy atom. The summed E-state index contributed by atoms with van der Waals surface area (Å²) >= 11 is 0. The number of ether oxygens (including phenoxy) is 2. The van der Waals surface area contributed by atoms with Gasteiger partial charge in [-0.2, -0.15) is 5.06 Å². The second-order valence-electron chi connectivity index (χ2n) is 16.4. The molecule has 284 valence electrons. The Hall–Kier alpha value is -3.51. The SMILES string of the molecule is COC(=O)[C@@H]1CCCN1C(=O)c1cc(-c2cccc(CN3O[C@@H](CO)[C@@H]([C@H](C)O)[C@H]3C(=O)C[C@H]3C[C@H]4C[C@@H]([C@@H]3C)C4(C)C)c2OC)cc(N(C)C)c1. The number of aliphatic hydroxyl groups is 2. The number of ketones is 1. The lowest BCUT2D eigenvalue weighted by Crippen LogP contribution is -2.55. The molecule has 3 saturated carbocycles. The minimum atomic E-state index is -0.875. The molecule has 5 fully saturated rings. The second kappa shape index (κ2) is 15.1. The highest BCUT2D eigenvalue weighted by molar-refractivity contribution is 5.99. The maximum Gasteiger partial charge on any atom is 0.328 e. The monoisotopic (exact) mass is 719 g/mol. The number of methoxy groups -OCH3 is 2. The van der Waals surface area contributed by atoms with Crippen LogP contribution in [0.25, 0.3) is 11.1 Å². The highest BCUT2D eigenvalue weighted by Crippen LogP contribution is 2.63. The van der Waals surface area contributed by atoms with Crippen LogP contribution in [-0.4, -0.2) is 104 Å². The van der Waals surface area contributed by atoms with Gasteiger partial charge in [0.15, 0.2) is 5.78 Å². The number of benzene rings is 2. The number of carbonyl (C=O) groups is 3. The first-order valence-electron chi connectivity index (χ1n) is 18.8. The van der Waals surface area contributed by atoms with Crippen molar-refractivity contribution in [2.75, 3.05) is 46.4 Å². The fraction of sp³-hybridized carbons (Fsp3) is 0.634. The summed E-state index contributed by atoms with van der Waals surface area (Å²) in [4.78, 5) is 50.6. The Bertz CT molecular complexity index is 1660. The molecule has 2 heterocycles. The molecule has 3 aliphatic carbocycles. The van der Waals surface area contributed by atoms with Gasteiger partial charge in [0.1, 0.15) is 23.9 Å². The summed E-state index contributed by atoms with van der Waals surface area (Å²) in [6, 6.07) is 10.0. The molecule has 0 unspecified atom stereocenters. The van der Waals surface area contributed by atoms with E-state index in [0.29, 0.717) is 53.9 Å². The third-order valence-electron chi connectivity index (χ3n) is 13.0. The number of aliphatic hydroxyl groups excluding tert-OH is 2. The first-order valence-corrected chi connectivity index (χ1v) is 18.8. The molecule has 2 aromatic rings. The number of hydrogen-bond acceptors (Lipinski definition) is 10. The van der Waals surface area contributed by atoms with Gasteiger partial charge in [-0.3, -0.25) is 14.4 Å². The van der Waals surface area contributed by atoms with Crippen LogP contribution in [0.1, 0.15) is 75.7 Å². The Balaban J connectivity index is 1.31. The molecule has 2 saturated heterocycles.